The number of nitrogens with one attached hydrogen (secondary N) is 2. The Morgan fingerprint density at radius 2 is 2.09 bits per heavy atom. The number of nitrogens with two attached hydrogens (primary N) is 1. The molecule has 2 atom stereocenters. The summed E-state index contributed by atoms with van der Waals surface area (Å²) in [6, 6.07) is 0. The van der Waals surface area contributed by atoms with Gasteiger partial charge in [0.1, 0.15) is 5.54 Å². The third-order valence-electron chi connectivity index (χ3n) is 4.00. The first-order valence-electron chi connectivity index (χ1n) is 7.41. The van der Waals surface area contributed by atoms with Crippen LogP contribution in [0.5, 0.6) is 0 Å². The van der Waals surface area contributed by atoms with Gasteiger partial charge >= 0.3 is 13.1 Å². The Kier molecular flexibility index (Phi) is 7.39. The number of hydrogen-bond donors (Lipinski definition) is 6. The minimum absolute atomic E-state index is 0.0147. The lowest BCUT2D eigenvalue weighted by atomic mass is 9.78. The van der Waals surface area contributed by atoms with Crippen LogP contribution in [0.15, 0.2) is 0 Å². The van der Waals surface area contributed by atoms with Crippen molar-refractivity contribution in [3.8, 4) is 0 Å². The lowest BCUT2D eigenvalue weighted by Gasteiger charge is -2.25. The second-order valence-corrected chi connectivity index (χ2v) is 7.50. The maximum atomic E-state index is 12.2. The highest BCUT2D eigenvalue weighted by Crippen LogP contribution is 2.31. The highest BCUT2D eigenvalue weighted by atomic mass is 32.2. The van der Waals surface area contributed by atoms with Crippen LogP contribution in [0.3, 0.4) is 0 Å². The molecule has 0 aromatic carbocycles. The van der Waals surface area contributed by atoms with E-state index in [1.165, 1.54) is 0 Å². The van der Waals surface area contributed by atoms with Crippen molar-refractivity contribution in [1.82, 2.24) is 14.3 Å². The SMILES string of the molecule is CNCCNS(=O)(=O)N1C[C@@H](CCCB(O)O)[C@@](N)(C(=O)O)C1. The lowest BCUT2D eigenvalue weighted by molar-refractivity contribution is -0.144. The largest absolute Gasteiger partial charge is 0.480 e. The fourth-order valence-electron chi connectivity index (χ4n) is 2.61. The maximum Gasteiger partial charge on any atom is 0.451 e. The van der Waals surface area contributed by atoms with Crippen LogP contribution in [-0.2, 0) is 15.0 Å². The fraction of sp³-hybridized carbons (Fsp3) is 0.909. The summed E-state index contributed by atoms with van der Waals surface area (Å²) in [5.74, 6) is -1.86. The molecule has 0 radical (unpaired) electrons. The van der Waals surface area contributed by atoms with Crippen molar-refractivity contribution in [2.45, 2.75) is 24.7 Å². The molecule has 0 aliphatic carbocycles. The molecule has 0 saturated carbocycles. The van der Waals surface area contributed by atoms with E-state index in [2.05, 4.69) is 10.0 Å². The van der Waals surface area contributed by atoms with Crippen LogP contribution in [0, 0.1) is 5.92 Å². The van der Waals surface area contributed by atoms with Crippen molar-refractivity contribution < 1.29 is 28.4 Å². The first-order chi connectivity index (χ1) is 10.6. The zero-order valence-electron chi connectivity index (χ0n) is 13.1. The fourth-order valence-corrected chi connectivity index (χ4v) is 3.91. The van der Waals surface area contributed by atoms with E-state index >= 15 is 0 Å². The molecule has 0 amide bonds. The van der Waals surface area contributed by atoms with Crippen molar-refractivity contribution in [3.05, 3.63) is 0 Å². The van der Waals surface area contributed by atoms with E-state index in [-0.39, 0.29) is 26.0 Å². The number of carbonyl (C=O) groups is 1. The third-order valence-corrected chi connectivity index (χ3v) is 5.53. The average molecular weight is 352 g/mol. The lowest BCUT2D eigenvalue weighted by Crippen LogP contribution is -2.55. The number of carboxylic acids is 1. The molecule has 1 rings (SSSR count). The Hall–Kier alpha value is -0.755. The van der Waals surface area contributed by atoms with E-state index in [0.717, 1.165) is 4.31 Å². The molecule has 1 fully saturated rings. The van der Waals surface area contributed by atoms with Gasteiger partial charge in [0.25, 0.3) is 10.2 Å². The zero-order valence-corrected chi connectivity index (χ0v) is 13.9. The molecule has 0 aromatic heterocycles. The van der Waals surface area contributed by atoms with Gasteiger partial charge in [-0.05, 0) is 19.8 Å². The second kappa shape index (κ2) is 8.37. The predicted molar refractivity (Wildman–Crippen MR) is 84.7 cm³/mol. The van der Waals surface area contributed by atoms with Gasteiger partial charge in [0.2, 0.25) is 0 Å². The Bertz CT molecular complexity index is 505. The molecular weight excluding hydrogens is 327 g/mol. The Morgan fingerprint density at radius 1 is 1.43 bits per heavy atom. The van der Waals surface area contributed by atoms with Crippen LogP contribution in [0.4, 0.5) is 0 Å². The van der Waals surface area contributed by atoms with Gasteiger partial charge in [0.15, 0.2) is 0 Å². The Labute approximate surface area is 136 Å². The second-order valence-electron chi connectivity index (χ2n) is 5.75. The number of rotatable bonds is 10. The van der Waals surface area contributed by atoms with Crippen LogP contribution in [0.2, 0.25) is 6.32 Å². The molecule has 10 nitrogen and oxygen atoms in total. The van der Waals surface area contributed by atoms with Crippen molar-refractivity contribution in [3.63, 3.8) is 0 Å². The molecule has 1 saturated heterocycles. The van der Waals surface area contributed by atoms with Gasteiger partial charge in [0.05, 0.1) is 0 Å². The monoisotopic (exact) mass is 352 g/mol. The molecule has 1 heterocycles. The minimum Gasteiger partial charge on any atom is -0.480 e. The molecule has 1 aliphatic heterocycles. The van der Waals surface area contributed by atoms with Crippen LogP contribution in [0.1, 0.15) is 12.8 Å². The summed E-state index contributed by atoms with van der Waals surface area (Å²) in [5, 5.41) is 29.9. The Balaban J connectivity index is 2.77. The van der Waals surface area contributed by atoms with Crippen LogP contribution < -0.4 is 15.8 Å². The van der Waals surface area contributed by atoms with Crippen molar-refractivity contribution >= 4 is 23.3 Å². The summed E-state index contributed by atoms with van der Waals surface area (Å²) in [5.41, 5.74) is 4.25. The van der Waals surface area contributed by atoms with E-state index in [4.69, 9.17) is 15.8 Å². The molecule has 0 bridgehead atoms. The number of nitrogens with zero attached hydrogens (tertiary/aromatic N) is 1. The summed E-state index contributed by atoms with van der Waals surface area (Å²) < 4.78 is 27.8. The topological polar surface area (TPSA) is 165 Å². The summed E-state index contributed by atoms with van der Waals surface area (Å²) >= 11 is 0. The minimum atomic E-state index is -3.81. The molecule has 1 aliphatic rings. The highest BCUT2D eigenvalue weighted by Gasteiger charge is 2.52. The Morgan fingerprint density at radius 3 is 2.61 bits per heavy atom. The van der Waals surface area contributed by atoms with Gasteiger partial charge in [-0.2, -0.15) is 12.7 Å². The van der Waals surface area contributed by atoms with Crippen molar-refractivity contribution in [2.24, 2.45) is 11.7 Å². The van der Waals surface area contributed by atoms with Gasteiger partial charge in [0, 0.05) is 32.1 Å². The van der Waals surface area contributed by atoms with E-state index in [9.17, 15) is 18.3 Å². The molecular formula is C11H25BN4O6S. The van der Waals surface area contributed by atoms with E-state index < -0.39 is 34.8 Å². The predicted octanol–water partition coefficient (Wildman–Crippen LogP) is -2.99. The number of hydrogen-bond acceptors (Lipinski definition) is 7. The molecule has 134 valence electrons. The van der Waals surface area contributed by atoms with Gasteiger partial charge < -0.3 is 26.2 Å². The first kappa shape index (κ1) is 20.3. The van der Waals surface area contributed by atoms with Crippen LogP contribution >= 0.6 is 0 Å². The molecule has 7 N–H and O–H groups in total. The van der Waals surface area contributed by atoms with Gasteiger partial charge in [-0.15, -0.1) is 0 Å². The molecule has 23 heavy (non-hydrogen) atoms. The maximum absolute atomic E-state index is 12.2. The summed E-state index contributed by atoms with van der Waals surface area (Å²) in [6.07, 6.45) is 0.720. The normalized spacial score (nSPS) is 25.7. The molecule has 0 unspecified atom stereocenters. The molecule has 0 spiro atoms. The summed E-state index contributed by atoms with van der Waals surface area (Å²) in [6.45, 7) is 0.293. The molecule has 0 aromatic rings. The standard InChI is InChI=1S/C11H25BN4O6S/c1-14-5-6-15-23(21,22)16-7-9(3-2-4-12(19)20)11(13,8-16)10(17)18/h9,14-15,19-20H,2-8,13H2,1H3,(H,17,18)/t9-,11-/m1/s1. The number of carboxylic acid groups (broad SMARTS) is 1. The van der Waals surface area contributed by atoms with E-state index in [1.54, 1.807) is 7.05 Å². The van der Waals surface area contributed by atoms with Crippen LogP contribution in [0.25, 0.3) is 0 Å². The van der Waals surface area contributed by atoms with Gasteiger partial charge in [-0.3, -0.25) is 4.79 Å². The number of likely N-dealkylation sites (N-methyl/N-ethyl adjacent to an activating group) is 1. The number of aliphatic carboxylic acids is 1. The van der Waals surface area contributed by atoms with Crippen molar-refractivity contribution in [1.29, 1.82) is 0 Å². The van der Waals surface area contributed by atoms with Crippen molar-refractivity contribution in [2.75, 3.05) is 33.2 Å². The van der Waals surface area contributed by atoms with Crippen LogP contribution in [-0.4, -0.2) is 79.7 Å². The third kappa shape index (κ3) is 5.38. The quantitative estimate of drug-likeness (QED) is 0.179. The summed E-state index contributed by atoms with van der Waals surface area (Å²) in [4.78, 5) is 11.5. The smallest absolute Gasteiger partial charge is 0.451 e. The first-order valence-corrected chi connectivity index (χ1v) is 8.85. The highest BCUT2D eigenvalue weighted by molar-refractivity contribution is 7.87. The molecule has 12 heteroatoms. The van der Waals surface area contributed by atoms with E-state index in [0.29, 0.717) is 19.4 Å². The van der Waals surface area contributed by atoms with Gasteiger partial charge in [-0.1, -0.05) is 6.42 Å². The van der Waals surface area contributed by atoms with E-state index in [1.807, 2.05) is 0 Å². The zero-order chi connectivity index (χ0) is 17.7. The van der Waals surface area contributed by atoms with Gasteiger partial charge in [-0.25, -0.2) is 4.72 Å². The average Bonchev–Trinajstić information content (AvgIpc) is 2.78. The summed E-state index contributed by atoms with van der Waals surface area (Å²) in [7, 11) is -3.60.